The Hall–Kier alpha value is -4.22. The van der Waals surface area contributed by atoms with Crippen molar-refractivity contribution in [2.24, 2.45) is 4.99 Å². The van der Waals surface area contributed by atoms with E-state index in [0.29, 0.717) is 48.9 Å². The maximum Gasteiger partial charge on any atom is 0.338 e. The average molecular weight is 682 g/mol. The van der Waals surface area contributed by atoms with Crippen LogP contribution in [0.25, 0.3) is 6.08 Å². The fraction of sp³-hybridized carbons (Fsp3) is 0.242. The summed E-state index contributed by atoms with van der Waals surface area (Å²) < 4.78 is 38.7. The average Bonchev–Trinajstić information content (AvgIpc) is 3.31. The van der Waals surface area contributed by atoms with Crippen molar-refractivity contribution < 1.29 is 28.1 Å². The van der Waals surface area contributed by atoms with E-state index in [1.165, 1.54) is 35.1 Å². The van der Waals surface area contributed by atoms with E-state index < -0.39 is 12.0 Å². The van der Waals surface area contributed by atoms with E-state index in [1.807, 2.05) is 25.1 Å². The Labute approximate surface area is 265 Å². The van der Waals surface area contributed by atoms with Crippen LogP contribution in [0.5, 0.6) is 17.2 Å². The van der Waals surface area contributed by atoms with Gasteiger partial charge in [0.2, 0.25) is 0 Å². The van der Waals surface area contributed by atoms with Gasteiger partial charge >= 0.3 is 5.97 Å². The molecular weight excluding hydrogens is 651 g/mol. The van der Waals surface area contributed by atoms with Crippen LogP contribution < -0.4 is 29.1 Å². The molecule has 0 amide bonds. The highest BCUT2D eigenvalue weighted by Gasteiger charge is 2.36. The lowest BCUT2D eigenvalue weighted by Crippen LogP contribution is -2.40. The third kappa shape index (κ3) is 6.34. The van der Waals surface area contributed by atoms with Crippen molar-refractivity contribution in [3.8, 4) is 17.2 Å². The minimum atomic E-state index is -0.849. The molecule has 1 aromatic heterocycles. The number of ether oxygens (including phenoxy) is 4. The van der Waals surface area contributed by atoms with Crippen LogP contribution in [0, 0.1) is 5.82 Å². The predicted octanol–water partition coefficient (Wildman–Crippen LogP) is 5.69. The second kappa shape index (κ2) is 13.6. The second-order valence-electron chi connectivity index (χ2n) is 9.72. The topological polar surface area (TPSA) is 88.4 Å². The molecule has 1 aliphatic heterocycles. The van der Waals surface area contributed by atoms with E-state index >= 15 is 0 Å². The van der Waals surface area contributed by atoms with Crippen LogP contribution >= 0.6 is 27.3 Å². The first kappa shape index (κ1) is 31.2. The van der Waals surface area contributed by atoms with Crippen molar-refractivity contribution in [3.05, 3.63) is 119 Å². The molecule has 0 N–H and O–H groups in total. The van der Waals surface area contributed by atoms with Gasteiger partial charge in [-0.25, -0.2) is 14.2 Å². The number of methoxy groups -OCH3 is 1. The van der Waals surface area contributed by atoms with Gasteiger partial charge in [0, 0.05) is 5.56 Å². The number of esters is 1. The van der Waals surface area contributed by atoms with E-state index in [9.17, 15) is 14.0 Å². The summed E-state index contributed by atoms with van der Waals surface area (Å²) in [4.78, 5) is 32.5. The lowest BCUT2D eigenvalue weighted by Gasteiger charge is -2.26. The Morgan fingerprint density at radius 2 is 1.84 bits per heavy atom. The fourth-order valence-corrected chi connectivity index (χ4v) is 6.47. The second-order valence-corrected chi connectivity index (χ2v) is 11.6. The number of fused-ring (bicyclic) bond motifs is 1. The van der Waals surface area contributed by atoms with E-state index in [1.54, 1.807) is 50.3 Å². The number of allylic oxidation sites excluding steroid dienone is 1. The standard InChI is InChI=1S/C33H30BrFN2O6S/c1-5-41-30-23(8-7-9-26(30)40-4)29-28(32(39)42-6-2)19(3)36-33-37(29)31(38)27(44-33)17-21-12-15-25(24(34)16-21)43-18-20-10-13-22(35)14-11-20/h7-17,29H,5-6,18H2,1-4H3/b27-17+/t29-/m1/s1. The van der Waals surface area contributed by atoms with Crippen LogP contribution in [0.3, 0.4) is 0 Å². The maximum absolute atomic E-state index is 14.1. The molecule has 2 heterocycles. The Morgan fingerprint density at radius 1 is 1.07 bits per heavy atom. The van der Waals surface area contributed by atoms with Crippen molar-refractivity contribution in [1.82, 2.24) is 4.57 Å². The van der Waals surface area contributed by atoms with Crippen LogP contribution in [-0.4, -0.2) is 30.9 Å². The minimum Gasteiger partial charge on any atom is -0.493 e. The minimum absolute atomic E-state index is 0.168. The van der Waals surface area contributed by atoms with Gasteiger partial charge in [-0.3, -0.25) is 9.36 Å². The van der Waals surface area contributed by atoms with Crippen LogP contribution in [0.4, 0.5) is 4.39 Å². The van der Waals surface area contributed by atoms with Gasteiger partial charge in [-0.2, -0.15) is 0 Å². The number of hydrogen-bond acceptors (Lipinski definition) is 8. The number of carbonyl (C=O) groups excluding carboxylic acids is 1. The monoisotopic (exact) mass is 680 g/mol. The van der Waals surface area contributed by atoms with Crippen LogP contribution in [-0.2, 0) is 16.1 Å². The Balaban J connectivity index is 1.58. The van der Waals surface area contributed by atoms with Gasteiger partial charge in [0.15, 0.2) is 16.3 Å². The zero-order chi connectivity index (χ0) is 31.4. The highest BCUT2D eigenvalue weighted by molar-refractivity contribution is 9.10. The largest absolute Gasteiger partial charge is 0.493 e. The molecule has 1 atom stereocenters. The number of aromatic nitrogens is 1. The molecule has 3 aromatic carbocycles. The van der Waals surface area contributed by atoms with Gasteiger partial charge in [0.25, 0.3) is 5.56 Å². The lowest BCUT2D eigenvalue weighted by atomic mass is 9.94. The van der Waals surface area contributed by atoms with Gasteiger partial charge < -0.3 is 18.9 Å². The molecule has 0 aliphatic carbocycles. The number of benzene rings is 3. The molecule has 0 unspecified atom stereocenters. The molecular formula is C33H30BrFN2O6S. The molecule has 0 saturated heterocycles. The third-order valence-corrected chi connectivity index (χ3v) is 8.49. The first-order chi connectivity index (χ1) is 21.2. The smallest absolute Gasteiger partial charge is 0.338 e. The van der Waals surface area contributed by atoms with Gasteiger partial charge in [0.1, 0.15) is 24.2 Å². The predicted molar refractivity (Wildman–Crippen MR) is 169 cm³/mol. The summed E-state index contributed by atoms with van der Waals surface area (Å²) in [5.74, 6) is 0.661. The molecule has 4 aromatic rings. The molecule has 44 heavy (non-hydrogen) atoms. The zero-order valence-electron chi connectivity index (χ0n) is 24.6. The molecule has 8 nitrogen and oxygen atoms in total. The molecule has 1 aliphatic rings. The molecule has 0 spiro atoms. The van der Waals surface area contributed by atoms with Crippen molar-refractivity contribution >= 4 is 39.3 Å². The first-order valence-electron chi connectivity index (χ1n) is 13.9. The molecule has 228 valence electrons. The highest BCUT2D eigenvalue weighted by Crippen LogP contribution is 2.40. The Kier molecular flexibility index (Phi) is 9.65. The lowest BCUT2D eigenvalue weighted by molar-refractivity contribution is -0.139. The zero-order valence-corrected chi connectivity index (χ0v) is 27.0. The summed E-state index contributed by atoms with van der Waals surface area (Å²) in [6, 6.07) is 16.1. The van der Waals surface area contributed by atoms with Crippen molar-refractivity contribution in [1.29, 1.82) is 0 Å². The summed E-state index contributed by atoms with van der Waals surface area (Å²) >= 11 is 4.78. The van der Waals surface area contributed by atoms with Crippen LogP contribution in [0.15, 0.2) is 86.2 Å². The Bertz CT molecular complexity index is 1920. The summed E-state index contributed by atoms with van der Waals surface area (Å²) in [6.07, 6.45) is 1.77. The molecule has 0 radical (unpaired) electrons. The van der Waals surface area contributed by atoms with Crippen molar-refractivity contribution in [3.63, 3.8) is 0 Å². The van der Waals surface area contributed by atoms with E-state index in [4.69, 9.17) is 18.9 Å². The molecule has 0 fully saturated rings. The molecule has 0 bridgehead atoms. The third-order valence-electron chi connectivity index (χ3n) is 6.89. The molecule has 0 saturated carbocycles. The highest BCUT2D eigenvalue weighted by atomic mass is 79.9. The number of nitrogens with zero attached hydrogens (tertiary/aromatic N) is 2. The normalized spacial score (nSPS) is 14.6. The van der Waals surface area contributed by atoms with Gasteiger partial charge in [0.05, 0.1) is 40.6 Å². The summed E-state index contributed by atoms with van der Waals surface area (Å²) in [6.45, 7) is 6.11. The van der Waals surface area contributed by atoms with E-state index in [2.05, 4.69) is 20.9 Å². The van der Waals surface area contributed by atoms with E-state index in [0.717, 1.165) is 11.1 Å². The Morgan fingerprint density at radius 3 is 2.52 bits per heavy atom. The van der Waals surface area contributed by atoms with Crippen molar-refractivity contribution in [2.45, 2.75) is 33.4 Å². The number of carbonyl (C=O) groups is 1. The number of rotatable bonds is 10. The van der Waals surface area contributed by atoms with Crippen LogP contribution in [0.2, 0.25) is 0 Å². The van der Waals surface area contributed by atoms with E-state index in [-0.39, 0.29) is 30.2 Å². The van der Waals surface area contributed by atoms with Gasteiger partial charge in [-0.05, 0) is 84.2 Å². The van der Waals surface area contributed by atoms with Crippen LogP contribution in [0.1, 0.15) is 43.5 Å². The summed E-state index contributed by atoms with van der Waals surface area (Å²) in [7, 11) is 1.54. The maximum atomic E-state index is 14.1. The fourth-order valence-electron chi connectivity index (χ4n) is 4.91. The number of hydrogen-bond donors (Lipinski definition) is 0. The van der Waals surface area contributed by atoms with Gasteiger partial charge in [-0.15, -0.1) is 0 Å². The van der Waals surface area contributed by atoms with Crippen molar-refractivity contribution in [2.75, 3.05) is 20.3 Å². The molecule has 5 rings (SSSR count). The summed E-state index contributed by atoms with van der Waals surface area (Å²) in [5, 5.41) is 0. The summed E-state index contributed by atoms with van der Waals surface area (Å²) in [5.41, 5.74) is 2.57. The number of para-hydroxylation sites is 1. The molecule has 11 heteroatoms. The number of thiazole rings is 1. The van der Waals surface area contributed by atoms with Gasteiger partial charge in [-0.1, -0.05) is 41.7 Å². The first-order valence-corrected chi connectivity index (χ1v) is 15.5. The quantitative estimate of drug-likeness (QED) is 0.200. The number of halogens is 2. The SMILES string of the molecule is CCOC(=O)C1=C(C)N=c2s/c(=C/c3ccc(OCc4ccc(F)cc4)c(Br)c3)c(=O)n2[C@@H]1c1cccc(OC)c1OCC.